The first-order chi connectivity index (χ1) is 11.8. The van der Waals surface area contributed by atoms with E-state index in [1.54, 1.807) is 11.3 Å². The van der Waals surface area contributed by atoms with Crippen LogP contribution in [0.4, 0.5) is 4.79 Å². The molecule has 1 aliphatic rings. The van der Waals surface area contributed by atoms with Crippen molar-refractivity contribution in [3.63, 3.8) is 0 Å². The average molecular weight is 362 g/mol. The normalized spacial score (nSPS) is 16.0. The highest BCUT2D eigenvalue weighted by Gasteiger charge is 2.34. The first kappa shape index (κ1) is 18.1. The molecule has 6 heteroatoms. The van der Waals surface area contributed by atoms with Crippen LogP contribution in [0.3, 0.4) is 0 Å². The molecule has 0 radical (unpaired) electrons. The summed E-state index contributed by atoms with van der Waals surface area (Å²) >= 11 is 1.72. The Kier molecular flexibility index (Phi) is 5.29. The second-order valence-corrected chi connectivity index (χ2v) is 8.66. The predicted molar refractivity (Wildman–Crippen MR) is 102 cm³/mol. The Morgan fingerprint density at radius 3 is 2.76 bits per heavy atom. The second kappa shape index (κ2) is 7.30. The minimum Gasteiger partial charge on any atom is -0.444 e. The Hall–Kier alpha value is -1.66. The molecule has 1 heterocycles. The summed E-state index contributed by atoms with van der Waals surface area (Å²) in [6, 6.07) is 8.70. The molecule has 3 rings (SSSR count). The number of carbonyl (C=O) groups excluding carboxylic acids is 1. The number of para-hydroxylation sites is 1. The van der Waals surface area contributed by atoms with Crippen LogP contribution in [0.1, 0.15) is 51.6 Å². The number of thiazole rings is 1. The van der Waals surface area contributed by atoms with Crippen LogP contribution in [0.25, 0.3) is 10.2 Å². The smallest absolute Gasteiger partial charge is 0.410 e. The molecule has 1 aromatic carbocycles. The molecule has 1 unspecified atom stereocenters. The van der Waals surface area contributed by atoms with Crippen LogP contribution in [0.15, 0.2) is 24.3 Å². The monoisotopic (exact) mass is 361 g/mol. The third-order valence-corrected chi connectivity index (χ3v) is 5.32. The van der Waals surface area contributed by atoms with E-state index >= 15 is 0 Å². The van der Waals surface area contributed by atoms with Crippen molar-refractivity contribution in [1.82, 2.24) is 15.2 Å². The highest BCUT2D eigenvalue weighted by molar-refractivity contribution is 7.18. The Morgan fingerprint density at radius 2 is 2.12 bits per heavy atom. The topological polar surface area (TPSA) is 54.5 Å². The molecule has 2 aromatic rings. The van der Waals surface area contributed by atoms with Crippen LogP contribution in [-0.4, -0.2) is 40.7 Å². The lowest BCUT2D eigenvalue weighted by molar-refractivity contribution is 0.0235. The second-order valence-electron chi connectivity index (χ2n) is 7.60. The summed E-state index contributed by atoms with van der Waals surface area (Å²) in [4.78, 5) is 18.9. The van der Waals surface area contributed by atoms with Crippen LogP contribution < -0.4 is 5.32 Å². The van der Waals surface area contributed by atoms with Gasteiger partial charge in [0, 0.05) is 19.1 Å². The number of nitrogens with one attached hydrogen (secondary N) is 1. The van der Waals surface area contributed by atoms with Gasteiger partial charge in [-0.25, -0.2) is 9.78 Å². The lowest BCUT2D eigenvalue weighted by Crippen LogP contribution is -2.42. The van der Waals surface area contributed by atoms with Crippen molar-refractivity contribution >= 4 is 27.6 Å². The average Bonchev–Trinajstić information content (AvgIpc) is 3.26. The maximum absolute atomic E-state index is 12.4. The third kappa shape index (κ3) is 4.92. The quantitative estimate of drug-likeness (QED) is 0.831. The highest BCUT2D eigenvalue weighted by Crippen LogP contribution is 2.29. The number of hydrogen-bond donors (Lipinski definition) is 1. The lowest BCUT2D eigenvalue weighted by atomic mass is 10.2. The number of amides is 1. The fraction of sp³-hybridized carbons (Fsp3) is 0.579. The van der Waals surface area contributed by atoms with E-state index in [0.717, 1.165) is 29.9 Å². The number of ether oxygens (including phenoxy) is 1. The van der Waals surface area contributed by atoms with Crippen molar-refractivity contribution in [1.29, 1.82) is 0 Å². The van der Waals surface area contributed by atoms with E-state index < -0.39 is 5.60 Å². The number of rotatable bonds is 6. The Bertz CT molecular complexity index is 701. The zero-order valence-corrected chi connectivity index (χ0v) is 16.2. The van der Waals surface area contributed by atoms with Crippen LogP contribution in [-0.2, 0) is 4.74 Å². The molecule has 1 aliphatic carbocycles. The zero-order chi connectivity index (χ0) is 18.0. The number of aromatic nitrogens is 1. The predicted octanol–water partition coefficient (Wildman–Crippen LogP) is 4.35. The van der Waals surface area contributed by atoms with Crippen molar-refractivity contribution in [3.05, 3.63) is 29.3 Å². The molecule has 1 aromatic heterocycles. The molecular weight excluding hydrogens is 334 g/mol. The molecule has 0 aliphatic heterocycles. The summed E-state index contributed by atoms with van der Waals surface area (Å²) < 4.78 is 6.74. The molecule has 25 heavy (non-hydrogen) atoms. The van der Waals surface area contributed by atoms with E-state index in [9.17, 15) is 4.79 Å². The van der Waals surface area contributed by atoms with Crippen LogP contribution >= 0.6 is 11.3 Å². The van der Waals surface area contributed by atoms with Crippen molar-refractivity contribution in [3.8, 4) is 0 Å². The summed E-state index contributed by atoms with van der Waals surface area (Å²) in [6.07, 6.45) is 1.95. The molecule has 1 fully saturated rings. The molecule has 0 saturated heterocycles. The Morgan fingerprint density at radius 1 is 1.40 bits per heavy atom. The minimum atomic E-state index is -0.452. The SMILES string of the molecule is CC(NCCN(C(=O)OC(C)(C)C)C1CC1)c1nc2ccccc2s1. The summed E-state index contributed by atoms with van der Waals surface area (Å²) in [5.74, 6) is 0. The van der Waals surface area contributed by atoms with Gasteiger partial charge in [0.2, 0.25) is 0 Å². The standard InChI is InChI=1S/C19H27N3O2S/c1-13(17-21-15-7-5-6-8-16(15)25-17)20-11-12-22(14-9-10-14)18(23)24-19(2,3)4/h5-8,13-14,20H,9-12H2,1-4H3. The van der Waals surface area contributed by atoms with E-state index in [0.29, 0.717) is 12.6 Å². The van der Waals surface area contributed by atoms with Gasteiger partial charge < -0.3 is 15.0 Å². The zero-order valence-electron chi connectivity index (χ0n) is 15.4. The van der Waals surface area contributed by atoms with E-state index in [4.69, 9.17) is 9.72 Å². The van der Waals surface area contributed by atoms with Gasteiger partial charge in [-0.05, 0) is 52.7 Å². The van der Waals surface area contributed by atoms with Gasteiger partial charge >= 0.3 is 6.09 Å². The van der Waals surface area contributed by atoms with E-state index in [1.165, 1.54) is 4.70 Å². The van der Waals surface area contributed by atoms with Crippen LogP contribution in [0.2, 0.25) is 0 Å². The Labute approximate surface area is 153 Å². The van der Waals surface area contributed by atoms with E-state index in [-0.39, 0.29) is 12.1 Å². The molecular formula is C19H27N3O2S. The Balaban J connectivity index is 1.54. The maximum atomic E-state index is 12.4. The summed E-state index contributed by atoms with van der Waals surface area (Å²) in [5.41, 5.74) is 0.593. The first-order valence-electron chi connectivity index (χ1n) is 8.92. The maximum Gasteiger partial charge on any atom is 0.410 e. The number of benzene rings is 1. The molecule has 1 saturated carbocycles. The van der Waals surface area contributed by atoms with Gasteiger partial charge in [0.25, 0.3) is 0 Å². The lowest BCUT2D eigenvalue weighted by Gasteiger charge is -2.27. The number of fused-ring (bicyclic) bond motifs is 1. The van der Waals surface area contributed by atoms with Gasteiger partial charge in [-0.15, -0.1) is 11.3 Å². The van der Waals surface area contributed by atoms with Crippen molar-refractivity contribution in [2.45, 2.75) is 58.2 Å². The van der Waals surface area contributed by atoms with E-state index in [2.05, 4.69) is 18.3 Å². The van der Waals surface area contributed by atoms with Gasteiger partial charge in [-0.2, -0.15) is 0 Å². The first-order valence-corrected chi connectivity index (χ1v) is 9.73. The summed E-state index contributed by atoms with van der Waals surface area (Å²) in [5, 5.41) is 4.57. The van der Waals surface area contributed by atoms with Gasteiger partial charge in [0.1, 0.15) is 10.6 Å². The van der Waals surface area contributed by atoms with Crippen molar-refractivity contribution in [2.75, 3.05) is 13.1 Å². The number of carbonyl (C=O) groups is 1. The molecule has 5 nitrogen and oxygen atoms in total. The van der Waals surface area contributed by atoms with Crippen LogP contribution in [0, 0.1) is 0 Å². The summed E-state index contributed by atoms with van der Waals surface area (Å²) in [6.45, 7) is 9.23. The summed E-state index contributed by atoms with van der Waals surface area (Å²) in [7, 11) is 0. The van der Waals surface area contributed by atoms with Gasteiger partial charge in [0.15, 0.2) is 0 Å². The molecule has 0 bridgehead atoms. The molecule has 0 spiro atoms. The number of hydrogen-bond acceptors (Lipinski definition) is 5. The highest BCUT2D eigenvalue weighted by atomic mass is 32.1. The molecule has 1 atom stereocenters. The molecule has 1 amide bonds. The fourth-order valence-electron chi connectivity index (χ4n) is 2.69. The largest absolute Gasteiger partial charge is 0.444 e. The fourth-order valence-corrected chi connectivity index (χ4v) is 3.69. The number of nitrogens with zero attached hydrogens (tertiary/aromatic N) is 2. The van der Waals surface area contributed by atoms with Crippen molar-refractivity contribution < 1.29 is 9.53 Å². The van der Waals surface area contributed by atoms with Crippen LogP contribution in [0.5, 0.6) is 0 Å². The van der Waals surface area contributed by atoms with E-state index in [1.807, 2.05) is 43.9 Å². The minimum absolute atomic E-state index is 0.164. The van der Waals surface area contributed by atoms with Gasteiger partial charge in [0.05, 0.1) is 16.3 Å². The van der Waals surface area contributed by atoms with Crippen molar-refractivity contribution in [2.24, 2.45) is 0 Å². The third-order valence-electron chi connectivity index (χ3n) is 4.10. The molecule has 136 valence electrons. The molecule has 1 N–H and O–H groups in total. The van der Waals surface area contributed by atoms with Gasteiger partial charge in [-0.3, -0.25) is 0 Å². The van der Waals surface area contributed by atoms with Gasteiger partial charge in [-0.1, -0.05) is 12.1 Å².